The zero-order chi connectivity index (χ0) is 22.6. The van der Waals surface area contributed by atoms with Gasteiger partial charge in [0, 0.05) is 17.0 Å². The molecule has 1 aliphatic carbocycles. The molecule has 3 rings (SSSR count). The van der Waals surface area contributed by atoms with Crippen LogP contribution in [0.4, 0.5) is 5.69 Å². The Hall–Kier alpha value is -1.63. The van der Waals surface area contributed by atoms with Crippen molar-refractivity contribution < 1.29 is 14.0 Å². The summed E-state index contributed by atoms with van der Waals surface area (Å²) in [4.78, 5) is 14.3. The second kappa shape index (κ2) is 9.88. The molecule has 1 N–H and O–H groups in total. The van der Waals surface area contributed by atoms with Gasteiger partial charge in [0.05, 0.1) is 12.3 Å². The third-order valence-corrected chi connectivity index (χ3v) is 12.3. The molecule has 1 aliphatic rings. The lowest BCUT2D eigenvalue weighted by Gasteiger charge is -2.41. The van der Waals surface area contributed by atoms with Gasteiger partial charge in [0.1, 0.15) is 4.88 Å². The van der Waals surface area contributed by atoms with Gasteiger partial charge in [-0.2, -0.15) is 0 Å². The quantitative estimate of drug-likeness (QED) is 0.348. The fourth-order valence-electron chi connectivity index (χ4n) is 3.73. The smallest absolute Gasteiger partial charge is 0.350 e. The molecule has 1 fully saturated rings. The predicted octanol–water partition coefficient (Wildman–Crippen LogP) is 7.34. The molecule has 1 aromatic carbocycles. The maximum Gasteiger partial charge on any atom is 0.350 e. The summed E-state index contributed by atoms with van der Waals surface area (Å²) in [6, 6.07) is 12.7. The summed E-state index contributed by atoms with van der Waals surface area (Å²) in [6.07, 6.45) is 4.59. The number of thiophene rings is 1. The van der Waals surface area contributed by atoms with Gasteiger partial charge < -0.3 is 14.5 Å². The van der Waals surface area contributed by atoms with Crippen LogP contribution in [0.1, 0.15) is 63.0 Å². The normalized spacial score (nSPS) is 19.8. The Kier molecular flexibility index (Phi) is 7.66. The lowest BCUT2D eigenvalue weighted by molar-refractivity contribution is 0.0533. The Bertz CT molecular complexity index is 865. The fourth-order valence-corrected chi connectivity index (χ4v) is 6.17. The van der Waals surface area contributed by atoms with Crippen molar-refractivity contribution in [2.45, 2.75) is 83.7 Å². The number of hydrogen-bond donors (Lipinski definition) is 1. The number of carbonyl (C=O) groups excluding carboxylic acids is 1. The van der Waals surface area contributed by atoms with E-state index in [-0.39, 0.29) is 11.0 Å². The highest BCUT2D eigenvalue weighted by atomic mass is 32.1. The Balaban J connectivity index is 1.68. The summed E-state index contributed by atoms with van der Waals surface area (Å²) >= 11 is 1.50. The van der Waals surface area contributed by atoms with Crippen molar-refractivity contribution in [3.8, 4) is 10.4 Å². The first-order valence-electron chi connectivity index (χ1n) is 11.4. The summed E-state index contributed by atoms with van der Waals surface area (Å²) < 4.78 is 12.0. The van der Waals surface area contributed by atoms with Gasteiger partial charge in [-0.15, -0.1) is 11.3 Å². The van der Waals surface area contributed by atoms with Crippen LogP contribution < -0.4 is 5.32 Å². The van der Waals surface area contributed by atoms with E-state index in [1.807, 2.05) is 25.1 Å². The molecular weight excluding hydrogens is 422 g/mol. The van der Waals surface area contributed by atoms with Gasteiger partial charge in [0.2, 0.25) is 0 Å². The van der Waals surface area contributed by atoms with E-state index >= 15 is 0 Å². The van der Waals surface area contributed by atoms with Crippen molar-refractivity contribution in [2.24, 2.45) is 0 Å². The Labute approximate surface area is 192 Å². The molecule has 0 aliphatic heterocycles. The van der Waals surface area contributed by atoms with E-state index in [9.17, 15) is 4.79 Å². The molecule has 0 saturated heterocycles. The third kappa shape index (κ3) is 5.99. The van der Waals surface area contributed by atoms with Crippen LogP contribution in [-0.2, 0) is 9.16 Å². The number of carbonyl (C=O) groups is 1. The van der Waals surface area contributed by atoms with Crippen molar-refractivity contribution in [3.05, 3.63) is 41.3 Å². The molecule has 0 atom stereocenters. The number of hydrogen-bond acceptors (Lipinski definition) is 5. The van der Waals surface area contributed by atoms with Crippen molar-refractivity contribution in [1.82, 2.24) is 0 Å². The third-order valence-electron chi connectivity index (χ3n) is 6.55. The largest absolute Gasteiger partial charge is 0.462 e. The molecule has 4 nitrogen and oxygen atoms in total. The molecule has 2 aromatic rings. The molecule has 1 aromatic heterocycles. The van der Waals surface area contributed by atoms with E-state index in [0.717, 1.165) is 41.8 Å². The first-order chi connectivity index (χ1) is 14.6. The summed E-state index contributed by atoms with van der Waals surface area (Å²) in [5.41, 5.74) is 2.02. The molecule has 0 radical (unpaired) electrons. The number of ether oxygens (including phenoxy) is 1. The molecule has 6 heteroatoms. The van der Waals surface area contributed by atoms with Gasteiger partial charge in [-0.05, 0) is 62.4 Å². The number of rotatable bonds is 7. The highest BCUT2D eigenvalue weighted by molar-refractivity contribution is 7.18. The molecule has 0 amide bonds. The van der Waals surface area contributed by atoms with Gasteiger partial charge in [-0.25, -0.2) is 4.79 Å². The number of anilines is 1. The highest BCUT2D eigenvalue weighted by Gasteiger charge is 2.39. The van der Waals surface area contributed by atoms with Crippen LogP contribution in [0.5, 0.6) is 0 Å². The minimum atomic E-state index is -1.74. The standard InChI is InChI=1S/C25H37NO3SSi/c1-7-28-24(27)23-21(17-22(30-23)18-11-9-8-10-12-18)26-19-13-15-20(16-14-19)29-31(5,6)25(2,3)4/h8-12,17,19-20,26H,7,13-16H2,1-6H3. The van der Waals surface area contributed by atoms with Gasteiger partial charge in [0.25, 0.3) is 0 Å². The molecule has 0 unspecified atom stereocenters. The zero-order valence-corrected chi connectivity index (χ0v) is 21.6. The predicted molar refractivity (Wildman–Crippen MR) is 134 cm³/mol. The van der Waals surface area contributed by atoms with Gasteiger partial charge >= 0.3 is 5.97 Å². The fraction of sp³-hybridized carbons (Fsp3) is 0.560. The van der Waals surface area contributed by atoms with Gasteiger partial charge in [-0.1, -0.05) is 51.1 Å². The van der Waals surface area contributed by atoms with Crippen LogP contribution in [0.25, 0.3) is 10.4 Å². The first kappa shape index (κ1) is 24.0. The van der Waals surface area contributed by atoms with Crippen LogP contribution in [0.15, 0.2) is 36.4 Å². The first-order valence-corrected chi connectivity index (χ1v) is 15.1. The van der Waals surface area contributed by atoms with E-state index in [1.165, 1.54) is 11.3 Å². The average molecular weight is 460 g/mol. The number of esters is 1. The Morgan fingerprint density at radius 3 is 2.35 bits per heavy atom. The molecule has 0 spiro atoms. The molecule has 1 saturated carbocycles. The van der Waals surface area contributed by atoms with Crippen molar-refractivity contribution in [1.29, 1.82) is 0 Å². The zero-order valence-electron chi connectivity index (χ0n) is 19.8. The summed E-state index contributed by atoms with van der Waals surface area (Å²) in [5.74, 6) is -0.243. The monoisotopic (exact) mass is 459 g/mol. The van der Waals surface area contributed by atoms with Crippen LogP contribution in [0.2, 0.25) is 18.1 Å². The van der Waals surface area contributed by atoms with Crippen LogP contribution in [0.3, 0.4) is 0 Å². The second-order valence-electron chi connectivity index (χ2n) is 9.94. The lowest BCUT2D eigenvalue weighted by atomic mass is 9.93. The SMILES string of the molecule is CCOC(=O)c1sc(-c2ccccc2)cc1NC1CCC(O[Si](C)(C)C(C)(C)C)CC1. The molecule has 0 bridgehead atoms. The van der Waals surface area contributed by atoms with Crippen molar-refractivity contribution >= 4 is 31.3 Å². The molecule has 31 heavy (non-hydrogen) atoms. The minimum absolute atomic E-state index is 0.237. The molecule has 170 valence electrons. The maximum atomic E-state index is 12.6. The Morgan fingerprint density at radius 2 is 1.77 bits per heavy atom. The van der Waals surface area contributed by atoms with Crippen molar-refractivity contribution in [2.75, 3.05) is 11.9 Å². The summed E-state index contributed by atoms with van der Waals surface area (Å²) in [6.45, 7) is 13.8. The number of benzene rings is 1. The highest BCUT2D eigenvalue weighted by Crippen LogP contribution is 2.40. The van der Waals surface area contributed by atoms with E-state index in [4.69, 9.17) is 9.16 Å². The van der Waals surface area contributed by atoms with Gasteiger partial charge in [-0.3, -0.25) is 0 Å². The second-order valence-corrected chi connectivity index (χ2v) is 15.7. The molecule has 1 heterocycles. The minimum Gasteiger partial charge on any atom is -0.462 e. The summed E-state index contributed by atoms with van der Waals surface area (Å²) in [7, 11) is -1.74. The van der Waals surface area contributed by atoms with E-state index in [1.54, 1.807) is 0 Å². The van der Waals surface area contributed by atoms with E-state index in [0.29, 0.717) is 23.6 Å². The van der Waals surface area contributed by atoms with E-state index in [2.05, 4.69) is 57.4 Å². The topological polar surface area (TPSA) is 47.6 Å². The van der Waals surface area contributed by atoms with Crippen LogP contribution in [0, 0.1) is 0 Å². The van der Waals surface area contributed by atoms with E-state index < -0.39 is 8.32 Å². The van der Waals surface area contributed by atoms with Gasteiger partial charge in [0.15, 0.2) is 8.32 Å². The average Bonchev–Trinajstić information content (AvgIpc) is 3.13. The maximum absolute atomic E-state index is 12.6. The molecular formula is C25H37NO3SSi. The number of nitrogens with one attached hydrogen (secondary N) is 1. The lowest BCUT2D eigenvalue weighted by Crippen LogP contribution is -2.45. The van der Waals surface area contributed by atoms with Crippen LogP contribution >= 0.6 is 11.3 Å². The summed E-state index contributed by atoms with van der Waals surface area (Å²) in [5, 5.41) is 3.90. The Morgan fingerprint density at radius 1 is 1.13 bits per heavy atom. The van der Waals surface area contributed by atoms with Crippen molar-refractivity contribution in [3.63, 3.8) is 0 Å². The van der Waals surface area contributed by atoms with Crippen LogP contribution in [-0.4, -0.2) is 33.0 Å².